The second-order valence-electron chi connectivity index (χ2n) is 4.60. The molecule has 2 N–H and O–H groups in total. The number of anilines is 3. The number of nitrogens with one attached hydrogen (secondary N) is 2. The molecule has 0 fully saturated rings. The van der Waals surface area contributed by atoms with E-state index < -0.39 is 0 Å². The molecule has 0 spiro atoms. The molecule has 4 nitrogen and oxygen atoms in total. The first kappa shape index (κ1) is 14.6. The zero-order valence-electron chi connectivity index (χ0n) is 12.2. The predicted molar refractivity (Wildman–Crippen MR) is 85.2 cm³/mol. The molecule has 0 radical (unpaired) electrons. The molecule has 1 aromatic carbocycles. The largest absolute Gasteiger partial charge is 0.373 e. The monoisotopic (exact) mass is 290 g/mol. The van der Waals surface area contributed by atoms with Crippen molar-refractivity contribution in [1.29, 1.82) is 0 Å². The molecule has 0 aliphatic carbocycles. The Balaban J connectivity index is 2.45. The number of nitrogens with zero attached hydrogens (tertiary/aromatic N) is 2. The standard InChI is InChI=1S/C15H19ClN4/c1-5-13-19-14(17-4)10(3)15(20-13)18-12-8-6-7-11(16)9(12)2/h6-8H,5H2,1-4H3,(H2,17,18,19,20). The Morgan fingerprint density at radius 1 is 1.10 bits per heavy atom. The summed E-state index contributed by atoms with van der Waals surface area (Å²) in [6.07, 6.45) is 0.790. The van der Waals surface area contributed by atoms with Gasteiger partial charge in [-0.25, -0.2) is 9.97 Å². The minimum atomic E-state index is 0.742. The number of aromatic nitrogens is 2. The molecule has 0 unspecified atom stereocenters. The topological polar surface area (TPSA) is 49.8 Å². The van der Waals surface area contributed by atoms with Crippen molar-refractivity contribution in [2.24, 2.45) is 0 Å². The van der Waals surface area contributed by atoms with Crippen LogP contribution in [-0.2, 0) is 6.42 Å². The lowest BCUT2D eigenvalue weighted by Gasteiger charge is -2.15. The molecule has 0 bridgehead atoms. The van der Waals surface area contributed by atoms with E-state index in [1.54, 1.807) is 0 Å². The lowest BCUT2D eigenvalue weighted by molar-refractivity contribution is 0.935. The number of hydrogen-bond donors (Lipinski definition) is 2. The van der Waals surface area contributed by atoms with Crippen LogP contribution in [0.5, 0.6) is 0 Å². The lowest BCUT2D eigenvalue weighted by atomic mass is 10.2. The van der Waals surface area contributed by atoms with Crippen molar-refractivity contribution in [2.45, 2.75) is 27.2 Å². The van der Waals surface area contributed by atoms with Crippen LogP contribution in [0.3, 0.4) is 0 Å². The summed E-state index contributed by atoms with van der Waals surface area (Å²) in [5.41, 5.74) is 2.96. The van der Waals surface area contributed by atoms with Crippen LogP contribution in [0.4, 0.5) is 17.3 Å². The van der Waals surface area contributed by atoms with E-state index in [2.05, 4.69) is 20.6 Å². The van der Waals surface area contributed by atoms with E-state index in [9.17, 15) is 0 Å². The lowest BCUT2D eigenvalue weighted by Crippen LogP contribution is -2.07. The first-order valence-electron chi connectivity index (χ1n) is 6.64. The molecule has 2 aromatic rings. The summed E-state index contributed by atoms with van der Waals surface area (Å²) in [5.74, 6) is 2.47. The van der Waals surface area contributed by atoms with E-state index >= 15 is 0 Å². The summed E-state index contributed by atoms with van der Waals surface area (Å²) in [6.45, 7) is 6.02. The van der Waals surface area contributed by atoms with E-state index in [0.717, 1.165) is 45.7 Å². The van der Waals surface area contributed by atoms with Gasteiger partial charge in [0, 0.05) is 29.7 Å². The van der Waals surface area contributed by atoms with Crippen molar-refractivity contribution >= 4 is 28.9 Å². The minimum absolute atomic E-state index is 0.742. The van der Waals surface area contributed by atoms with Crippen LogP contribution < -0.4 is 10.6 Å². The maximum absolute atomic E-state index is 6.15. The highest BCUT2D eigenvalue weighted by Crippen LogP contribution is 2.28. The second-order valence-corrected chi connectivity index (χ2v) is 5.01. The highest BCUT2D eigenvalue weighted by molar-refractivity contribution is 6.31. The summed E-state index contributed by atoms with van der Waals surface area (Å²) >= 11 is 6.15. The average molecular weight is 291 g/mol. The zero-order chi connectivity index (χ0) is 14.7. The highest BCUT2D eigenvalue weighted by Gasteiger charge is 2.11. The van der Waals surface area contributed by atoms with Gasteiger partial charge in [-0.3, -0.25) is 0 Å². The Hall–Kier alpha value is -1.81. The molecular formula is C15H19ClN4. The van der Waals surface area contributed by atoms with Gasteiger partial charge in [-0.15, -0.1) is 0 Å². The molecule has 1 aromatic heterocycles. The first-order valence-corrected chi connectivity index (χ1v) is 7.02. The van der Waals surface area contributed by atoms with Gasteiger partial charge in [-0.1, -0.05) is 24.6 Å². The van der Waals surface area contributed by atoms with Crippen LogP contribution in [0, 0.1) is 13.8 Å². The van der Waals surface area contributed by atoms with Crippen LogP contribution in [-0.4, -0.2) is 17.0 Å². The average Bonchev–Trinajstić information content (AvgIpc) is 2.45. The van der Waals surface area contributed by atoms with E-state index in [4.69, 9.17) is 11.6 Å². The number of halogens is 1. The van der Waals surface area contributed by atoms with Gasteiger partial charge in [0.2, 0.25) is 0 Å². The van der Waals surface area contributed by atoms with Gasteiger partial charge in [-0.05, 0) is 31.5 Å². The third-order valence-corrected chi connectivity index (χ3v) is 3.68. The van der Waals surface area contributed by atoms with Crippen molar-refractivity contribution < 1.29 is 0 Å². The molecule has 0 atom stereocenters. The molecular weight excluding hydrogens is 272 g/mol. The van der Waals surface area contributed by atoms with Gasteiger partial charge in [0.1, 0.15) is 17.5 Å². The fraction of sp³-hybridized carbons (Fsp3) is 0.333. The molecule has 5 heteroatoms. The fourth-order valence-electron chi connectivity index (χ4n) is 1.96. The highest BCUT2D eigenvalue weighted by atomic mass is 35.5. The number of benzene rings is 1. The van der Waals surface area contributed by atoms with Gasteiger partial charge in [0.25, 0.3) is 0 Å². The van der Waals surface area contributed by atoms with Crippen LogP contribution in [0.25, 0.3) is 0 Å². The predicted octanol–water partition coefficient (Wildman–Crippen LogP) is 4.09. The van der Waals surface area contributed by atoms with Crippen molar-refractivity contribution in [3.63, 3.8) is 0 Å². The van der Waals surface area contributed by atoms with Gasteiger partial charge < -0.3 is 10.6 Å². The molecule has 20 heavy (non-hydrogen) atoms. The zero-order valence-corrected chi connectivity index (χ0v) is 13.0. The maximum Gasteiger partial charge on any atom is 0.139 e. The molecule has 0 saturated heterocycles. The Labute approximate surface area is 124 Å². The van der Waals surface area contributed by atoms with E-state index in [-0.39, 0.29) is 0 Å². The van der Waals surface area contributed by atoms with Crippen molar-refractivity contribution in [3.8, 4) is 0 Å². The minimum Gasteiger partial charge on any atom is -0.373 e. The number of aryl methyl sites for hydroxylation is 1. The summed E-state index contributed by atoms with van der Waals surface area (Å²) in [4.78, 5) is 9.02. The molecule has 0 aliphatic rings. The summed E-state index contributed by atoms with van der Waals surface area (Å²) in [7, 11) is 1.86. The second kappa shape index (κ2) is 6.09. The Morgan fingerprint density at radius 3 is 2.45 bits per heavy atom. The first-order chi connectivity index (χ1) is 9.56. The SMILES string of the molecule is CCc1nc(NC)c(C)c(Nc2cccc(Cl)c2C)n1. The normalized spacial score (nSPS) is 10.4. The number of rotatable bonds is 4. The van der Waals surface area contributed by atoms with Crippen molar-refractivity contribution in [2.75, 3.05) is 17.7 Å². The maximum atomic E-state index is 6.15. The molecule has 0 amide bonds. The molecule has 0 saturated carbocycles. The Bertz CT molecular complexity index is 626. The van der Waals surface area contributed by atoms with Crippen molar-refractivity contribution in [1.82, 2.24) is 9.97 Å². The van der Waals surface area contributed by atoms with Crippen LogP contribution >= 0.6 is 11.6 Å². The third-order valence-electron chi connectivity index (χ3n) is 3.27. The van der Waals surface area contributed by atoms with E-state index in [1.807, 2.05) is 46.0 Å². The quantitative estimate of drug-likeness (QED) is 0.890. The fourth-order valence-corrected chi connectivity index (χ4v) is 2.13. The Kier molecular flexibility index (Phi) is 4.45. The van der Waals surface area contributed by atoms with E-state index in [1.165, 1.54) is 0 Å². The number of hydrogen-bond acceptors (Lipinski definition) is 4. The Morgan fingerprint density at radius 2 is 1.80 bits per heavy atom. The molecule has 2 rings (SSSR count). The van der Waals surface area contributed by atoms with E-state index in [0.29, 0.717) is 0 Å². The van der Waals surface area contributed by atoms with Crippen LogP contribution in [0.15, 0.2) is 18.2 Å². The molecule has 1 heterocycles. The molecule has 106 valence electrons. The van der Waals surface area contributed by atoms with Gasteiger partial charge in [0.05, 0.1) is 0 Å². The van der Waals surface area contributed by atoms with Crippen LogP contribution in [0.1, 0.15) is 23.9 Å². The summed E-state index contributed by atoms with van der Waals surface area (Å²) in [5, 5.41) is 7.20. The third kappa shape index (κ3) is 2.85. The van der Waals surface area contributed by atoms with Gasteiger partial charge in [-0.2, -0.15) is 0 Å². The summed E-state index contributed by atoms with van der Waals surface area (Å²) < 4.78 is 0. The van der Waals surface area contributed by atoms with Gasteiger partial charge in [0.15, 0.2) is 0 Å². The van der Waals surface area contributed by atoms with Gasteiger partial charge >= 0.3 is 0 Å². The smallest absolute Gasteiger partial charge is 0.139 e. The molecule has 0 aliphatic heterocycles. The summed E-state index contributed by atoms with van der Waals surface area (Å²) in [6, 6.07) is 5.80. The van der Waals surface area contributed by atoms with Crippen LogP contribution in [0.2, 0.25) is 5.02 Å². The van der Waals surface area contributed by atoms with Crippen molar-refractivity contribution in [3.05, 3.63) is 40.2 Å².